The second kappa shape index (κ2) is 2.77. The van der Waals surface area contributed by atoms with E-state index in [9.17, 15) is 4.79 Å². The molecule has 2 aromatic rings. The maximum atomic E-state index is 10.7. The molecule has 1 aromatic heterocycles. The van der Waals surface area contributed by atoms with Crippen molar-refractivity contribution in [1.82, 2.24) is 0 Å². The molecule has 1 N–H and O–H groups in total. The van der Waals surface area contributed by atoms with E-state index >= 15 is 0 Å². The summed E-state index contributed by atoms with van der Waals surface area (Å²) in [5.74, 6) is -0.839. The second-order valence-electron chi connectivity index (χ2n) is 2.44. The Morgan fingerprint density at radius 2 is 2.17 bits per heavy atom. The van der Waals surface area contributed by atoms with Crippen molar-refractivity contribution in [2.75, 3.05) is 0 Å². The van der Waals surface area contributed by atoms with Gasteiger partial charge in [0, 0.05) is 0 Å². The Balaban J connectivity index is 2.82. The molecule has 2 rings (SSSR count). The number of rotatable bonds is 1. The molecule has 3 heteroatoms. The van der Waals surface area contributed by atoms with Gasteiger partial charge in [0.05, 0.1) is 0 Å². The van der Waals surface area contributed by atoms with Gasteiger partial charge in [-0.25, -0.2) is 0 Å². The summed E-state index contributed by atoms with van der Waals surface area (Å²) in [6, 6.07) is 7.34. The molecule has 0 bridgehead atoms. The van der Waals surface area contributed by atoms with Crippen molar-refractivity contribution < 1.29 is 9.90 Å². The standard InChI is InChI=1S/C9H6O2Se/c10-9(11)7-2-1-3-8-6(7)4-5-12-8/h1-5H,(H,10,11). The molecule has 1 aromatic carbocycles. The van der Waals surface area contributed by atoms with Crippen LogP contribution in [0.25, 0.3) is 9.65 Å². The molecule has 12 heavy (non-hydrogen) atoms. The van der Waals surface area contributed by atoms with E-state index in [0.717, 1.165) is 5.39 Å². The molecule has 0 radical (unpaired) electrons. The number of fused-ring (bicyclic) bond motifs is 1. The summed E-state index contributed by atoms with van der Waals surface area (Å²) in [5.41, 5.74) is 0.420. The van der Waals surface area contributed by atoms with Gasteiger partial charge in [-0.15, -0.1) is 0 Å². The minimum absolute atomic E-state index is 0.334. The number of carboxylic acids is 1. The van der Waals surface area contributed by atoms with E-state index in [-0.39, 0.29) is 0 Å². The number of carbonyl (C=O) groups is 1. The fourth-order valence-electron chi connectivity index (χ4n) is 1.18. The third-order valence-electron chi connectivity index (χ3n) is 1.73. The average Bonchev–Trinajstić information content (AvgIpc) is 2.49. The first kappa shape index (κ1) is 7.59. The Kier molecular flexibility index (Phi) is 1.75. The van der Waals surface area contributed by atoms with E-state index in [1.54, 1.807) is 12.1 Å². The molecule has 1 heterocycles. The van der Waals surface area contributed by atoms with Crippen LogP contribution >= 0.6 is 0 Å². The Morgan fingerprint density at radius 1 is 1.33 bits per heavy atom. The molecule has 0 aliphatic carbocycles. The Hall–Kier alpha value is -1.05. The summed E-state index contributed by atoms with van der Waals surface area (Å²) in [6.07, 6.45) is 0. The number of benzene rings is 1. The molecular weight excluding hydrogens is 219 g/mol. The molecule has 0 spiro atoms. The van der Waals surface area contributed by atoms with Gasteiger partial charge in [-0.2, -0.15) is 0 Å². The summed E-state index contributed by atoms with van der Waals surface area (Å²) < 4.78 is 1.17. The van der Waals surface area contributed by atoms with Crippen molar-refractivity contribution in [1.29, 1.82) is 0 Å². The average molecular weight is 225 g/mol. The topological polar surface area (TPSA) is 37.3 Å². The quantitative estimate of drug-likeness (QED) is 0.748. The van der Waals surface area contributed by atoms with E-state index < -0.39 is 5.97 Å². The number of aromatic carboxylic acids is 1. The normalized spacial score (nSPS) is 10.3. The molecule has 2 nitrogen and oxygen atoms in total. The first-order valence-electron chi connectivity index (χ1n) is 3.48. The van der Waals surface area contributed by atoms with Crippen LogP contribution in [0.1, 0.15) is 10.4 Å². The van der Waals surface area contributed by atoms with E-state index in [2.05, 4.69) is 0 Å². The van der Waals surface area contributed by atoms with Gasteiger partial charge in [0.2, 0.25) is 0 Å². The van der Waals surface area contributed by atoms with Crippen LogP contribution in [0.15, 0.2) is 29.2 Å². The Labute approximate surface area is 75.2 Å². The zero-order valence-electron chi connectivity index (χ0n) is 6.15. The van der Waals surface area contributed by atoms with Gasteiger partial charge in [-0.3, -0.25) is 0 Å². The minimum atomic E-state index is -0.839. The zero-order valence-corrected chi connectivity index (χ0v) is 7.86. The first-order valence-corrected chi connectivity index (χ1v) is 5.33. The summed E-state index contributed by atoms with van der Waals surface area (Å²) in [5, 5.41) is 9.72. The zero-order chi connectivity index (χ0) is 8.55. The summed E-state index contributed by atoms with van der Waals surface area (Å²) >= 11 is 0.334. The summed E-state index contributed by atoms with van der Waals surface area (Å²) in [7, 11) is 0. The molecule has 0 saturated carbocycles. The molecule has 0 aliphatic heterocycles. The molecule has 0 unspecified atom stereocenters. The number of hydrogen-bond acceptors (Lipinski definition) is 1. The SMILES string of the molecule is O=C(O)c1cccc2[se]ccc12. The number of carboxylic acid groups (broad SMARTS) is 1. The summed E-state index contributed by atoms with van der Waals surface area (Å²) in [6.45, 7) is 0. The molecule has 0 fully saturated rings. The van der Waals surface area contributed by atoms with Crippen LogP contribution in [0.5, 0.6) is 0 Å². The van der Waals surface area contributed by atoms with Gasteiger partial charge in [0.1, 0.15) is 0 Å². The van der Waals surface area contributed by atoms with Crippen molar-refractivity contribution in [3.63, 3.8) is 0 Å². The van der Waals surface area contributed by atoms with E-state index in [4.69, 9.17) is 5.11 Å². The van der Waals surface area contributed by atoms with Crippen LogP contribution in [0, 0.1) is 0 Å². The van der Waals surface area contributed by atoms with Gasteiger partial charge in [-0.05, 0) is 0 Å². The van der Waals surface area contributed by atoms with Crippen LogP contribution in [-0.4, -0.2) is 25.6 Å². The molecular formula is C9H6O2Se. The van der Waals surface area contributed by atoms with Gasteiger partial charge < -0.3 is 0 Å². The molecule has 0 saturated heterocycles. The van der Waals surface area contributed by atoms with Gasteiger partial charge in [0.25, 0.3) is 0 Å². The van der Waals surface area contributed by atoms with Crippen molar-refractivity contribution >= 4 is 30.1 Å². The Bertz CT molecular complexity index is 431. The van der Waals surface area contributed by atoms with Crippen molar-refractivity contribution in [2.45, 2.75) is 0 Å². The predicted octanol–water partition coefficient (Wildman–Crippen LogP) is 1.59. The summed E-state index contributed by atoms with van der Waals surface area (Å²) in [4.78, 5) is 12.8. The predicted molar refractivity (Wildman–Crippen MR) is 47.8 cm³/mol. The third-order valence-corrected chi connectivity index (χ3v) is 3.58. The van der Waals surface area contributed by atoms with Gasteiger partial charge in [0.15, 0.2) is 0 Å². The maximum absolute atomic E-state index is 10.7. The fraction of sp³-hybridized carbons (Fsp3) is 0. The Morgan fingerprint density at radius 3 is 2.92 bits per heavy atom. The first-order chi connectivity index (χ1) is 5.79. The van der Waals surface area contributed by atoms with E-state index in [1.165, 1.54) is 4.26 Å². The van der Waals surface area contributed by atoms with Crippen LogP contribution in [-0.2, 0) is 0 Å². The van der Waals surface area contributed by atoms with Crippen molar-refractivity contribution in [3.05, 3.63) is 34.8 Å². The third kappa shape index (κ3) is 1.07. The van der Waals surface area contributed by atoms with Crippen LogP contribution in [0.3, 0.4) is 0 Å². The van der Waals surface area contributed by atoms with Gasteiger partial charge in [-0.1, -0.05) is 0 Å². The van der Waals surface area contributed by atoms with Crippen molar-refractivity contribution in [2.24, 2.45) is 0 Å². The van der Waals surface area contributed by atoms with E-state index in [0.29, 0.717) is 20.1 Å². The molecule has 0 atom stereocenters. The fourth-order valence-corrected chi connectivity index (χ4v) is 2.89. The molecule has 0 aliphatic rings. The molecule has 60 valence electrons. The van der Waals surface area contributed by atoms with Crippen molar-refractivity contribution in [3.8, 4) is 0 Å². The van der Waals surface area contributed by atoms with Crippen LogP contribution in [0.2, 0.25) is 0 Å². The molecule has 0 amide bonds. The van der Waals surface area contributed by atoms with Gasteiger partial charge >= 0.3 is 74.8 Å². The monoisotopic (exact) mass is 226 g/mol. The van der Waals surface area contributed by atoms with Crippen LogP contribution < -0.4 is 0 Å². The second-order valence-corrected chi connectivity index (χ2v) is 4.43. The van der Waals surface area contributed by atoms with E-state index in [1.807, 2.05) is 17.1 Å². The number of hydrogen-bond donors (Lipinski definition) is 1. The van der Waals surface area contributed by atoms with Crippen LogP contribution in [0.4, 0.5) is 0 Å².